The molecule has 2 aromatic rings. The number of hydrogen-bond acceptors (Lipinski definition) is 3. The Morgan fingerprint density at radius 2 is 2.00 bits per heavy atom. The number of carbonyl (C=O) groups is 2. The topological polar surface area (TPSA) is 91.4 Å². The first-order valence-corrected chi connectivity index (χ1v) is 5.55. The molecule has 1 aromatic carbocycles. The predicted octanol–water partition coefficient (Wildman–Crippen LogP) is 1.73. The van der Waals surface area contributed by atoms with Gasteiger partial charge in [-0.25, -0.2) is 4.79 Å². The number of benzene rings is 1. The summed E-state index contributed by atoms with van der Waals surface area (Å²) < 4.78 is 5.09. The van der Waals surface area contributed by atoms with Crippen LogP contribution in [0, 0.1) is 0 Å². The van der Waals surface area contributed by atoms with Crippen LogP contribution in [0.2, 0.25) is 0 Å². The molecule has 0 radical (unpaired) electrons. The Labute approximate surface area is 109 Å². The standard InChI is InChI=1S/C13H12N2O4/c16-12(17)8-19-11-6-2-1-4-9(11)15-13(18)10-5-3-7-14-10/h1-7,14H,8H2,(H,15,18)(H,16,17). The molecular formula is C13H12N2O4. The van der Waals surface area contributed by atoms with E-state index in [1.54, 1.807) is 42.6 Å². The first kappa shape index (κ1) is 12.7. The van der Waals surface area contributed by atoms with Crippen molar-refractivity contribution in [3.63, 3.8) is 0 Å². The fourth-order valence-corrected chi connectivity index (χ4v) is 1.50. The lowest BCUT2D eigenvalue weighted by molar-refractivity contribution is -0.139. The van der Waals surface area contributed by atoms with Crippen LogP contribution in [0.4, 0.5) is 5.69 Å². The molecular weight excluding hydrogens is 248 g/mol. The Balaban J connectivity index is 2.11. The molecule has 6 nitrogen and oxygen atoms in total. The molecule has 1 heterocycles. The maximum Gasteiger partial charge on any atom is 0.341 e. The summed E-state index contributed by atoms with van der Waals surface area (Å²) in [6.07, 6.45) is 1.64. The molecule has 6 heteroatoms. The lowest BCUT2D eigenvalue weighted by atomic mass is 10.3. The number of aromatic nitrogens is 1. The Bertz CT molecular complexity index is 578. The molecule has 0 aliphatic carbocycles. The molecule has 0 saturated heterocycles. The summed E-state index contributed by atoms with van der Waals surface area (Å²) in [6.45, 7) is -0.463. The van der Waals surface area contributed by atoms with Gasteiger partial charge in [0.25, 0.3) is 5.91 Å². The molecule has 3 N–H and O–H groups in total. The van der Waals surface area contributed by atoms with Crippen LogP contribution in [0.5, 0.6) is 5.75 Å². The van der Waals surface area contributed by atoms with Gasteiger partial charge in [0.2, 0.25) is 0 Å². The van der Waals surface area contributed by atoms with E-state index in [2.05, 4.69) is 10.3 Å². The predicted molar refractivity (Wildman–Crippen MR) is 68.3 cm³/mol. The van der Waals surface area contributed by atoms with E-state index in [0.717, 1.165) is 0 Å². The van der Waals surface area contributed by atoms with Crippen molar-refractivity contribution in [2.45, 2.75) is 0 Å². The number of H-pyrrole nitrogens is 1. The van der Waals surface area contributed by atoms with E-state index in [-0.39, 0.29) is 5.91 Å². The van der Waals surface area contributed by atoms with Gasteiger partial charge < -0.3 is 20.1 Å². The molecule has 0 unspecified atom stereocenters. The molecule has 0 bridgehead atoms. The number of carboxylic acid groups (broad SMARTS) is 1. The molecule has 1 aromatic heterocycles. The van der Waals surface area contributed by atoms with E-state index in [1.165, 1.54) is 0 Å². The highest BCUT2D eigenvalue weighted by molar-refractivity contribution is 6.03. The number of aromatic amines is 1. The van der Waals surface area contributed by atoms with Crippen LogP contribution in [0.15, 0.2) is 42.6 Å². The van der Waals surface area contributed by atoms with Crippen molar-refractivity contribution in [3.05, 3.63) is 48.3 Å². The van der Waals surface area contributed by atoms with Crippen molar-refractivity contribution in [3.8, 4) is 5.75 Å². The summed E-state index contributed by atoms with van der Waals surface area (Å²) in [6, 6.07) is 9.99. The minimum atomic E-state index is -1.08. The number of hydrogen-bond donors (Lipinski definition) is 3. The summed E-state index contributed by atoms with van der Waals surface area (Å²) in [5, 5.41) is 11.2. The van der Waals surface area contributed by atoms with Crippen molar-refractivity contribution in [1.29, 1.82) is 0 Å². The Morgan fingerprint density at radius 3 is 2.68 bits per heavy atom. The monoisotopic (exact) mass is 260 g/mol. The number of amides is 1. The van der Waals surface area contributed by atoms with E-state index in [0.29, 0.717) is 17.1 Å². The molecule has 0 spiro atoms. The summed E-state index contributed by atoms with van der Waals surface area (Å²) in [5.41, 5.74) is 0.830. The van der Waals surface area contributed by atoms with Crippen LogP contribution in [-0.2, 0) is 4.79 Å². The fourth-order valence-electron chi connectivity index (χ4n) is 1.50. The lowest BCUT2D eigenvalue weighted by Crippen LogP contribution is -2.15. The third-order valence-corrected chi connectivity index (χ3v) is 2.33. The second kappa shape index (κ2) is 5.72. The van der Waals surface area contributed by atoms with Crippen LogP contribution in [0.3, 0.4) is 0 Å². The van der Waals surface area contributed by atoms with Gasteiger partial charge in [-0.15, -0.1) is 0 Å². The van der Waals surface area contributed by atoms with Crippen LogP contribution in [0.1, 0.15) is 10.5 Å². The maximum absolute atomic E-state index is 11.9. The van der Waals surface area contributed by atoms with E-state index in [9.17, 15) is 9.59 Å². The van der Waals surface area contributed by atoms with Gasteiger partial charge in [-0.3, -0.25) is 4.79 Å². The van der Waals surface area contributed by atoms with Gasteiger partial charge in [0.15, 0.2) is 6.61 Å². The minimum Gasteiger partial charge on any atom is -0.480 e. The van der Waals surface area contributed by atoms with Crippen LogP contribution < -0.4 is 10.1 Å². The maximum atomic E-state index is 11.9. The molecule has 0 aliphatic rings. The Morgan fingerprint density at radius 1 is 1.21 bits per heavy atom. The summed E-state index contributed by atoms with van der Waals surface area (Å²) >= 11 is 0. The number of para-hydroxylation sites is 2. The normalized spacial score (nSPS) is 9.89. The largest absolute Gasteiger partial charge is 0.480 e. The highest BCUT2D eigenvalue weighted by Crippen LogP contribution is 2.24. The van der Waals surface area contributed by atoms with Crippen molar-refractivity contribution >= 4 is 17.6 Å². The van der Waals surface area contributed by atoms with Gasteiger partial charge in [0.1, 0.15) is 11.4 Å². The van der Waals surface area contributed by atoms with Gasteiger partial charge in [-0.05, 0) is 24.3 Å². The summed E-state index contributed by atoms with van der Waals surface area (Å²) in [5.74, 6) is -1.09. The lowest BCUT2D eigenvalue weighted by Gasteiger charge is -2.10. The molecule has 0 aliphatic heterocycles. The second-order valence-electron chi connectivity index (χ2n) is 3.72. The molecule has 19 heavy (non-hydrogen) atoms. The molecule has 0 atom stereocenters. The van der Waals surface area contributed by atoms with Gasteiger partial charge in [0.05, 0.1) is 5.69 Å². The third kappa shape index (κ3) is 3.35. The van der Waals surface area contributed by atoms with Gasteiger partial charge in [-0.1, -0.05) is 12.1 Å². The molecule has 0 fully saturated rings. The van der Waals surface area contributed by atoms with E-state index < -0.39 is 12.6 Å². The van der Waals surface area contributed by atoms with Crippen molar-refractivity contribution in [2.24, 2.45) is 0 Å². The summed E-state index contributed by atoms with van der Waals surface area (Å²) in [4.78, 5) is 25.1. The molecule has 0 saturated carbocycles. The SMILES string of the molecule is O=C(O)COc1ccccc1NC(=O)c1ccc[nH]1. The molecule has 1 amide bonds. The number of nitrogens with one attached hydrogen (secondary N) is 2. The first-order chi connectivity index (χ1) is 9.16. The molecule has 2 rings (SSSR count). The van der Waals surface area contributed by atoms with Gasteiger partial charge >= 0.3 is 5.97 Å². The average Bonchev–Trinajstić information content (AvgIpc) is 2.91. The number of ether oxygens (including phenoxy) is 1. The van der Waals surface area contributed by atoms with E-state index >= 15 is 0 Å². The number of carbonyl (C=O) groups excluding carboxylic acids is 1. The van der Waals surface area contributed by atoms with Crippen molar-refractivity contribution in [1.82, 2.24) is 4.98 Å². The van der Waals surface area contributed by atoms with Crippen molar-refractivity contribution in [2.75, 3.05) is 11.9 Å². The fraction of sp³-hybridized carbons (Fsp3) is 0.0769. The number of carboxylic acids is 1. The van der Waals surface area contributed by atoms with E-state index in [4.69, 9.17) is 9.84 Å². The number of aliphatic carboxylic acids is 1. The summed E-state index contributed by atoms with van der Waals surface area (Å²) in [7, 11) is 0. The minimum absolute atomic E-state index is 0.310. The second-order valence-corrected chi connectivity index (χ2v) is 3.72. The first-order valence-electron chi connectivity index (χ1n) is 5.55. The zero-order valence-electron chi connectivity index (χ0n) is 9.92. The Kier molecular flexibility index (Phi) is 3.82. The highest BCUT2D eigenvalue weighted by Gasteiger charge is 2.10. The smallest absolute Gasteiger partial charge is 0.341 e. The average molecular weight is 260 g/mol. The quantitative estimate of drug-likeness (QED) is 0.763. The van der Waals surface area contributed by atoms with Crippen LogP contribution in [0.25, 0.3) is 0 Å². The zero-order valence-corrected chi connectivity index (χ0v) is 9.92. The van der Waals surface area contributed by atoms with Gasteiger partial charge in [-0.2, -0.15) is 0 Å². The van der Waals surface area contributed by atoms with Crippen LogP contribution in [-0.4, -0.2) is 28.6 Å². The van der Waals surface area contributed by atoms with Crippen molar-refractivity contribution < 1.29 is 19.4 Å². The number of rotatable bonds is 5. The highest BCUT2D eigenvalue weighted by atomic mass is 16.5. The zero-order chi connectivity index (χ0) is 13.7. The van der Waals surface area contributed by atoms with Crippen LogP contribution >= 0.6 is 0 Å². The number of anilines is 1. The van der Waals surface area contributed by atoms with E-state index in [1.807, 2.05) is 0 Å². The Hall–Kier alpha value is -2.76. The molecule has 98 valence electrons. The third-order valence-electron chi connectivity index (χ3n) is 2.33. The van der Waals surface area contributed by atoms with Gasteiger partial charge in [0, 0.05) is 6.20 Å².